The van der Waals surface area contributed by atoms with E-state index in [1.165, 1.54) is 0 Å². The van der Waals surface area contributed by atoms with E-state index in [-0.39, 0.29) is 0 Å². The zero-order valence-electron chi connectivity index (χ0n) is 8.90. The first-order chi connectivity index (χ1) is 7.33. The van der Waals surface area contributed by atoms with Crippen molar-refractivity contribution < 1.29 is 4.74 Å². The lowest BCUT2D eigenvalue weighted by Crippen LogP contribution is -2.09. The molecule has 0 saturated carbocycles. The van der Waals surface area contributed by atoms with Crippen LogP contribution in [0, 0.1) is 0 Å². The van der Waals surface area contributed by atoms with E-state index in [0.717, 1.165) is 23.4 Å². The molecular weight excluding hydrogens is 192 g/mol. The average molecular weight is 206 g/mol. The predicted octanol–water partition coefficient (Wildman–Crippen LogP) is 1.03. The minimum atomic E-state index is 0.658. The number of aryl methyl sites for hydroxylation is 1. The van der Waals surface area contributed by atoms with Gasteiger partial charge in [-0.15, -0.1) is 0 Å². The van der Waals surface area contributed by atoms with Crippen LogP contribution in [0.15, 0.2) is 18.6 Å². The quantitative estimate of drug-likeness (QED) is 0.759. The molecule has 0 aliphatic carbocycles. The molecule has 0 bridgehead atoms. The van der Waals surface area contributed by atoms with Crippen LogP contribution in [-0.4, -0.2) is 34.8 Å². The van der Waals surface area contributed by atoms with Gasteiger partial charge < -0.3 is 14.6 Å². The Kier molecular flexibility index (Phi) is 2.82. The Morgan fingerprint density at radius 1 is 1.47 bits per heavy atom. The summed E-state index contributed by atoms with van der Waals surface area (Å²) in [7, 11) is 3.64. The van der Waals surface area contributed by atoms with Crippen molar-refractivity contribution in [2.24, 2.45) is 7.05 Å². The molecule has 0 radical (unpaired) electrons. The molecule has 2 heterocycles. The zero-order chi connectivity index (χ0) is 10.7. The fraction of sp³-hybridized carbons (Fsp3) is 0.400. The summed E-state index contributed by atoms with van der Waals surface area (Å²) in [5.41, 5.74) is 1.97. The van der Waals surface area contributed by atoms with Gasteiger partial charge in [0.05, 0.1) is 18.5 Å². The third kappa shape index (κ3) is 1.92. The molecule has 0 spiro atoms. The topological polar surface area (TPSA) is 52.0 Å². The molecule has 0 aliphatic rings. The van der Waals surface area contributed by atoms with E-state index in [1.54, 1.807) is 19.6 Å². The number of hydrogen-bond donors (Lipinski definition) is 1. The molecule has 80 valence electrons. The third-order valence-electron chi connectivity index (χ3n) is 2.24. The van der Waals surface area contributed by atoms with Gasteiger partial charge >= 0.3 is 0 Å². The van der Waals surface area contributed by atoms with Gasteiger partial charge in [0.15, 0.2) is 5.82 Å². The van der Waals surface area contributed by atoms with Gasteiger partial charge in [0.25, 0.3) is 0 Å². The molecule has 2 rings (SSSR count). The van der Waals surface area contributed by atoms with Gasteiger partial charge in [-0.05, 0) is 6.07 Å². The van der Waals surface area contributed by atoms with Crippen molar-refractivity contribution in [3.8, 4) is 0 Å². The summed E-state index contributed by atoms with van der Waals surface area (Å²) in [5.74, 6) is 0.810. The highest BCUT2D eigenvalue weighted by Crippen LogP contribution is 2.17. The molecule has 0 amide bonds. The van der Waals surface area contributed by atoms with Gasteiger partial charge in [-0.2, -0.15) is 0 Å². The maximum absolute atomic E-state index is 4.96. The lowest BCUT2D eigenvalue weighted by Gasteiger charge is -2.04. The highest BCUT2D eigenvalue weighted by molar-refractivity contribution is 5.85. The number of imidazole rings is 1. The molecule has 2 aromatic rings. The number of fused-ring (bicyclic) bond motifs is 1. The number of ether oxygens (including phenoxy) is 1. The van der Waals surface area contributed by atoms with Crippen LogP contribution in [0.1, 0.15) is 0 Å². The van der Waals surface area contributed by atoms with Gasteiger partial charge in [0.2, 0.25) is 0 Å². The van der Waals surface area contributed by atoms with Crippen LogP contribution >= 0.6 is 0 Å². The SMILES string of the molecule is COCCNc1nccc2c1ncn2C. The maximum atomic E-state index is 4.96. The molecule has 0 aromatic carbocycles. The van der Waals surface area contributed by atoms with E-state index in [9.17, 15) is 0 Å². The van der Waals surface area contributed by atoms with Crippen molar-refractivity contribution in [2.75, 3.05) is 25.6 Å². The fourth-order valence-corrected chi connectivity index (χ4v) is 1.46. The van der Waals surface area contributed by atoms with E-state index in [2.05, 4.69) is 15.3 Å². The molecule has 15 heavy (non-hydrogen) atoms. The number of methoxy groups -OCH3 is 1. The second-order valence-corrected chi connectivity index (χ2v) is 3.30. The second-order valence-electron chi connectivity index (χ2n) is 3.30. The monoisotopic (exact) mass is 206 g/mol. The Morgan fingerprint density at radius 3 is 3.13 bits per heavy atom. The molecule has 0 fully saturated rings. The van der Waals surface area contributed by atoms with Crippen molar-refractivity contribution in [1.82, 2.24) is 14.5 Å². The van der Waals surface area contributed by atoms with E-state index in [1.807, 2.05) is 17.7 Å². The number of nitrogens with one attached hydrogen (secondary N) is 1. The molecular formula is C10H14N4O. The zero-order valence-corrected chi connectivity index (χ0v) is 8.90. The average Bonchev–Trinajstić information content (AvgIpc) is 2.62. The molecule has 0 unspecified atom stereocenters. The van der Waals surface area contributed by atoms with Crippen LogP contribution in [0.25, 0.3) is 11.0 Å². The highest BCUT2D eigenvalue weighted by atomic mass is 16.5. The summed E-state index contributed by atoms with van der Waals surface area (Å²) in [6.07, 6.45) is 3.56. The first kappa shape index (κ1) is 9.92. The summed E-state index contributed by atoms with van der Waals surface area (Å²) < 4.78 is 6.94. The number of rotatable bonds is 4. The second kappa shape index (κ2) is 4.27. The van der Waals surface area contributed by atoms with Crippen LogP contribution < -0.4 is 5.32 Å². The van der Waals surface area contributed by atoms with Gasteiger partial charge in [-0.3, -0.25) is 0 Å². The molecule has 5 nitrogen and oxygen atoms in total. The largest absolute Gasteiger partial charge is 0.383 e. The van der Waals surface area contributed by atoms with Crippen LogP contribution in [0.2, 0.25) is 0 Å². The van der Waals surface area contributed by atoms with Crippen LogP contribution in [0.4, 0.5) is 5.82 Å². The van der Waals surface area contributed by atoms with Gasteiger partial charge in [-0.25, -0.2) is 9.97 Å². The molecule has 0 saturated heterocycles. The first-order valence-electron chi connectivity index (χ1n) is 4.82. The summed E-state index contributed by atoms with van der Waals surface area (Å²) in [4.78, 5) is 8.54. The highest BCUT2D eigenvalue weighted by Gasteiger charge is 2.05. The Labute approximate surface area is 88.1 Å². The van der Waals surface area contributed by atoms with Gasteiger partial charge in [0.1, 0.15) is 5.52 Å². The summed E-state index contributed by atoms with van der Waals surface area (Å²) in [5, 5.41) is 3.19. The minimum absolute atomic E-state index is 0.658. The van der Waals surface area contributed by atoms with Gasteiger partial charge in [0, 0.05) is 26.9 Å². The van der Waals surface area contributed by atoms with Crippen molar-refractivity contribution in [3.05, 3.63) is 18.6 Å². The molecule has 5 heteroatoms. The van der Waals surface area contributed by atoms with Crippen LogP contribution in [0.3, 0.4) is 0 Å². The summed E-state index contributed by atoms with van der Waals surface area (Å²) in [6.45, 7) is 1.39. The number of hydrogen-bond acceptors (Lipinski definition) is 4. The van der Waals surface area contributed by atoms with E-state index in [4.69, 9.17) is 4.74 Å². The Hall–Kier alpha value is -1.62. The number of nitrogens with zero attached hydrogens (tertiary/aromatic N) is 3. The number of anilines is 1. The van der Waals surface area contributed by atoms with E-state index in [0.29, 0.717) is 6.61 Å². The Balaban J connectivity index is 2.26. The molecule has 1 N–H and O–H groups in total. The molecule has 0 atom stereocenters. The lowest BCUT2D eigenvalue weighted by atomic mass is 10.4. The first-order valence-corrected chi connectivity index (χ1v) is 4.82. The lowest BCUT2D eigenvalue weighted by molar-refractivity contribution is 0.210. The van der Waals surface area contributed by atoms with E-state index >= 15 is 0 Å². The van der Waals surface area contributed by atoms with Gasteiger partial charge in [-0.1, -0.05) is 0 Å². The summed E-state index contributed by atoms with van der Waals surface area (Å²) >= 11 is 0. The Bertz CT molecular complexity index is 452. The number of pyridine rings is 1. The van der Waals surface area contributed by atoms with Crippen molar-refractivity contribution >= 4 is 16.9 Å². The molecule has 2 aromatic heterocycles. The van der Waals surface area contributed by atoms with Crippen LogP contribution in [-0.2, 0) is 11.8 Å². The maximum Gasteiger partial charge on any atom is 0.154 e. The van der Waals surface area contributed by atoms with E-state index < -0.39 is 0 Å². The van der Waals surface area contributed by atoms with Crippen molar-refractivity contribution in [2.45, 2.75) is 0 Å². The Morgan fingerprint density at radius 2 is 2.33 bits per heavy atom. The normalized spacial score (nSPS) is 10.8. The van der Waals surface area contributed by atoms with Crippen molar-refractivity contribution in [3.63, 3.8) is 0 Å². The molecule has 0 aliphatic heterocycles. The smallest absolute Gasteiger partial charge is 0.154 e. The fourth-order valence-electron chi connectivity index (χ4n) is 1.46. The van der Waals surface area contributed by atoms with Crippen LogP contribution in [0.5, 0.6) is 0 Å². The third-order valence-corrected chi connectivity index (χ3v) is 2.24. The number of aromatic nitrogens is 3. The standard InChI is InChI=1S/C10H14N4O/c1-14-7-13-9-8(14)3-4-11-10(9)12-5-6-15-2/h3-4,7H,5-6H2,1-2H3,(H,11,12). The van der Waals surface area contributed by atoms with Crippen molar-refractivity contribution in [1.29, 1.82) is 0 Å². The predicted molar refractivity (Wildman–Crippen MR) is 58.9 cm³/mol. The summed E-state index contributed by atoms with van der Waals surface area (Å²) in [6, 6.07) is 1.95. The minimum Gasteiger partial charge on any atom is -0.383 e.